The molecular weight excluding hydrogens is 286 g/mol. The molecule has 21 heavy (non-hydrogen) atoms. The number of carboxylic acids is 1. The van der Waals surface area contributed by atoms with Crippen molar-refractivity contribution in [3.8, 4) is 0 Å². The summed E-state index contributed by atoms with van der Waals surface area (Å²) < 4.78 is 0. The second-order valence-electron chi connectivity index (χ2n) is 4.52. The van der Waals surface area contributed by atoms with Gasteiger partial charge in [-0.15, -0.1) is 11.3 Å². The molecule has 1 aromatic heterocycles. The molecule has 0 saturated carbocycles. The van der Waals surface area contributed by atoms with E-state index >= 15 is 0 Å². The number of benzene rings is 1. The number of carboxylic acid groups (broad SMARTS) is 1. The van der Waals surface area contributed by atoms with E-state index in [4.69, 9.17) is 5.11 Å². The molecule has 1 heterocycles. The number of carbonyl (C=O) groups is 2. The summed E-state index contributed by atoms with van der Waals surface area (Å²) in [5.74, 6) is -1.17. The minimum atomic E-state index is -1.01. The number of hydrogen-bond acceptors (Lipinski definition) is 3. The molecule has 0 aliphatic rings. The van der Waals surface area contributed by atoms with E-state index in [-0.39, 0.29) is 5.91 Å². The molecule has 5 heteroatoms. The van der Waals surface area contributed by atoms with Crippen LogP contribution in [-0.2, 0) is 11.3 Å². The predicted octanol–water partition coefficient (Wildman–Crippen LogP) is 3.08. The maximum atomic E-state index is 12.0. The van der Waals surface area contributed by atoms with Gasteiger partial charge in [-0.05, 0) is 30.2 Å². The number of hydrogen-bond donors (Lipinski definition) is 2. The van der Waals surface area contributed by atoms with Crippen LogP contribution >= 0.6 is 11.3 Å². The Labute approximate surface area is 126 Å². The van der Waals surface area contributed by atoms with Gasteiger partial charge in [0.05, 0.1) is 5.56 Å². The van der Waals surface area contributed by atoms with Crippen molar-refractivity contribution in [3.05, 3.63) is 63.4 Å². The average molecular weight is 301 g/mol. The van der Waals surface area contributed by atoms with Crippen molar-refractivity contribution in [2.24, 2.45) is 0 Å². The van der Waals surface area contributed by atoms with Gasteiger partial charge in [0.25, 0.3) is 5.91 Å². The van der Waals surface area contributed by atoms with Crippen molar-refractivity contribution >= 4 is 29.3 Å². The Morgan fingerprint density at radius 2 is 2.10 bits per heavy atom. The first-order chi connectivity index (χ1) is 10.1. The highest BCUT2D eigenvalue weighted by atomic mass is 32.1. The fraction of sp³-hybridized carbons (Fsp3) is 0.125. The van der Waals surface area contributed by atoms with Gasteiger partial charge in [0, 0.05) is 22.9 Å². The number of carbonyl (C=O) groups excluding carboxylic acids is 1. The highest BCUT2D eigenvalue weighted by molar-refractivity contribution is 7.11. The fourth-order valence-corrected chi connectivity index (χ4v) is 2.58. The van der Waals surface area contributed by atoms with Gasteiger partial charge in [0.1, 0.15) is 0 Å². The van der Waals surface area contributed by atoms with Crippen molar-refractivity contribution in [1.82, 2.24) is 5.32 Å². The highest BCUT2D eigenvalue weighted by Crippen LogP contribution is 2.16. The second kappa shape index (κ2) is 6.85. The molecule has 4 nitrogen and oxygen atoms in total. The summed E-state index contributed by atoms with van der Waals surface area (Å²) >= 11 is 1.33. The van der Waals surface area contributed by atoms with Crippen molar-refractivity contribution < 1.29 is 14.7 Å². The standard InChI is InChI=1S/C16H15NO3S/c1-11-4-2-3-5-12(11)9-17-16(20)13-8-14(21-10-13)6-7-15(18)19/h2-8,10H,9H2,1H3,(H,17,20)(H,18,19). The van der Waals surface area contributed by atoms with E-state index in [0.29, 0.717) is 12.1 Å². The molecule has 1 amide bonds. The van der Waals surface area contributed by atoms with Crippen LogP contribution in [-0.4, -0.2) is 17.0 Å². The van der Waals surface area contributed by atoms with Gasteiger partial charge in [-0.2, -0.15) is 0 Å². The first-order valence-electron chi connectivity index (χ1n) is 6.38. The van der Waals surface area contributed by atoms with Gasteiger partial charge in [-0.1, -0.05) is 24.3 Å². The molecule has 0 spiro atoms. The smallest absolute Gasteiger partial charge is 0.328 e. The van der Waals surface area contributed by atoms with Gasteiger partial charge >= 0.3 is 5.97 Å². The topological polar surface area (TPSA) is 66.4 Å². The van der Waals surface area contributed by atoms with Crippen molar-refractivity contribution in [3.63, 3.8) is 0 Å². The zero-order valence-corrected chi connectivity index (χ0v) is 12.3. The third kappa shape index (κ3) is 4.29. The quantitative estimate of drug-likeness (QED) is 0.834. The molecule has 2 rings (SSSR count). The van der Waals surface area contributed by atoms with Crippen LogP contribution in [0.2, 0.25) is 0 Å². The zero-order chi connectivity index (χ0) is 15.2. The summed E-state index contributed by atoms with van der Waals surface area (Å²) in [5, 5.41) is 13.1. The van der Waals surface area contributed by atoms with Gasteiger partial charge in [-0.25, -0.2) is 4.79 Å². The second-order valence-corrected chi connectivity index (χ2v) is 5.46. The monoisotopic (exact) mass is 301 g/mol. The van der Waals surface area contributed by atoms with E-state index in [1.807, 2.05) is 31.2 Å². The Balaban J connectivity index is 1.98. The first kappa shape index (κ1) is 15.0. The summed E-state index contributed by atoms with van der Waals surface area (Å²) in [6.45, 7) is 2.47. The summed E-state index contributed by atoms with van der Waals surface area (Å²) in [5.41, 5.74) is 2.75. The SMILES string of the molecule is Cc1ccccc1CNC(=O)c1csc(C=CC(=O)O)c1. The van der Waals surface area contributed by atoms with Crippen LogP contribution in [0.5, 0.6) is 0 Å². The lowest BCUT2D eigenvalue weighted by Gasteiger charge is -2.06. The van der Waals surface area contributed by atoms with Crippen LogP contribution < -0.4 is 5.32 Å². The Kier molecular flexibility index (Phi) is 4.90. The van der Waals surface area contributed by atoms with Crippen LogP contribution in [0.15, 0.2) is 41.8 Å². The minimum Gasteiger partial charge on any atom is -0.478 e. The fourth-order valence-electron chi connectivity index (χ4n) is 1.80. The van der Waals surface area contributed by atoms with Crippen LogP contribution in [0.3, 0.4) is 0 Å². The molecule has 0 aliphatic heterocycles. The third-order valence-electron chi connectivity index (χ3n) is 2.97. The van der Waals surface area contributed by atoms with Crippen LogP contribution in [0.25, 0.3) is 6.08 Å². The molecule has 2 aromatic rings. The third-order valence-corrected chi connectivity index (χ3v) is 3.87. The van der Waals surface area contributed by atoms with E-state index in [1.165, 1.54) is 17.4 Å². The average Bonchev–Trinajstić information content (AvgIpc) is 2.93. The number of amides is 1. The molecule has 0 bridgehead atoms. The minimum absolute atomic E-state index is 0.163. The zero-order valence-electron chi connectivity index (χ0n) is 11.5. The summed E-state index contributed by atoms with van der Waals surface area (Å²) in [4.78, 5) is 23.2. The molecule has 1 aromatic carbocycles. The van der Waals surface area contributed by atoms with Crippen molar-refractivity contribution in [2.45, 2.75) is 13.5 Å². The molecule has 0 saturated heterocycles. The van der Waals surface area contributed by atoms with E-state index < -0.39 is 5.97 Å². The van der Waals surface area contributed by atoms with Crippen LogP contribution in [0.4, 0.5) is 0 Å². The van der Waals surface area contributed by atoms with Gasteiger partial charge < -0.3 is 10.4 Å². The van der Waals surface area contributed by atoms with E-state index in [0.717, 1.165) is 22.1 Å². The number of thiophene rings is 1. The summed E-state index contributed by atoms with van der Waals surface area (Å²) in [6.07, 6.45) is 2.53. The molecule has 0 fully saturated rings. The molecule has 108 valence electrons. The number of nitrogens with one attached hydrogen (secondary N) is 1. The van der Waals surface area contributed by atoms with Crippen molar-refractivity contribution in [1.29, 1.82) is 0 Å². The maximum absolute atomic E-state index is 12.0. The summed E-state index contributed by atoms with van der Waals surface area (Å²) in [7, 11) is 0. The van der Waals surface area contributed by atoms with Crippen molar-refractivity contribution in [2.75, 3.05) is 0 Å². The van der Waals surface area contributed by atoms with E-state index in [9.17, 15) is 9.59 Å². The summed E-state index contributed by atoms with van der Waals surface area (Å²) in [6, 6.07) is 9.55. The Bertz CT molecular complexity index is 688. The van der Waals surface area contributed by atoms with E-state index in [2.05, 4.69) is 5.32 Å². The lowest BCUT2D eigenvalue weighted by Crippen LogP contribution is -2.22. The Morgan fingerprint density at radius 3 is 2.81 bits per heavy atom. The molecule has 0 atom stereocenters. The maximum Gasteiger partial charge on any atom is 0.328 e. The number of rotatable bonds is 5. The largest absolute Gasteiger partial charge is 0.478 e. The van der Waals surface area contributed by atoms with Gasteiger partial charge in [-0.3, -0.25) is 4.79 Å². The Hall–Kier alpha value is -2.40. The predicted molar refractivity (Wildman–Crippen MR) is 83.3 cm³/mol. The van der Waals surface area contributed by atoms with Crippen LogP contribution in [0.1, 0.15) is 26.4 Å². The first-order valence-corrected chi connectivity index (χ1v) is 7.26. The molecule has 0 unspecified atom stereocenters. The highest BCUT2D eigenvalue weighted by Gasteiger charge is 2.08. The van der Waals surface area contributed by atoms with E-state index in [1.54, 1.807) is 11.4 Å². The molecule has 2 N–H and O–H groups in total. The van der Waals surface area contributed by atoms with Gasteiger partial charge in [0.2, 0.25) is 0 Å². The Morgan fingerprint density at radius 1 is 1.33 bits per heavy atom. The lowest BCUT2D eigenvalue weighted by atomic mass is 10.1. The molecule has 0 radical (unpaired) electrons. The number of aryl methyl sites for hydroxylation is 1. The molecular formula is C16H15NO3S. The molecule has 0 aliphatic carbocycles. The lowest BCUT2D eigenvalue weighted by molar-refractivity contribution is -0.131. The normalized spacial score (nSPS) is 10.7. The van der Waals surface area contributed by atoms with Gasteiger partial charge in [0.15, 0.2) is 0 Å². The van der Waals surface area contributed by atoms with Crippen LogP contribution in [0, 0.1) is 6.92 Å². The number of aliphatic carboxylic acids is 1.